The first-order chi connectivity index (χ1) is 10.4. The third kappa shape index (κ3) is 3.54. The number of H-pyrrole nitrogens is 1. The van der Waals surface area contributed by atoms with Crippen molar-refractivity contribution in [1.29, 1.82) is 0 Å². The van der Waals surface area contributed by atoms with Crippen LogP contribution in [0.1, 0.15) is 16.2 Å². The van der Waals surface area contributed by atoms with E-state index in [9.17, 15) is 4.79 Å². The van der Waals surface area contributed by atoms with Gasteiger partial charge in [-0.2, -0.15) is 0 Å². The zero-order valence-corrected chi connectivity index (χ0v) is 14.0. The van der Waals surface area contributed by atoms with Crippen molar-refractivity contribution in [1.82, 2.24) is 9.88 Å². The summed E-state index contributed by atoms with van der Waals surface area (Å²) in [6.07, 6.45) is 0. The molecule has 2 aromatic rings. The SMILES string of the molecule is CN(C)C(=O)c1ccc(CNc2cccc(Cl)c2N(C)C)[nH]1. The number of rotatable bonds is 5. The second-order valence-electron chi connectivity index (χ2n) is 5.48. The number of para-hydroxylation sites is 1. The lowest BCUT2D eigenvalue weighted by Gasteiger charge is -2.19. The number of nitrogens with zero attached hydrogens (tertiary/aromatic N) is 2. The lowest BCUT2D eigenvalue weighted by Crippen LogP contribution is -2.22. The Bertz CT molecular complexity index is 664. The fourth-order valence-electron chi connectivity index (χ4n) is 2.21. The van der Waals surface area contributed by atoms with E-state index in [4.69, 9.17) is 11.6 Å². The van der Waals surface area contributed by atoms with Gasteiger partial charge in [-0.1, -0.05) is 17.7 Å². The summed E-state index contributed by atoms with van der Waals surface area (Å²) in [7, 11) is 7.37. The average Bonchev–Trinajstić information content (AvgIpc) is 2.92. The second-order valence-corrected chi connectivity index (χ2v) is 5.89. The Kier molecular flexibility index (Phi) is 4.98. The van der Waals surface area contributed by atoms with E-state index in [1.165, 1.54) is 0 Å². The van der Waals surface area contributed by atoms with E-state index < -0.39 is 0 Å². The number of hydrogen-bond donors (Lipinski definition) is 2. The molecule has 1 amide bonds. The van der Waals surface area contributed by atoms with Crippen molar-refractivity contribution < 1.29 is 4.79 Å². The lowest BCUT2D eigenvalue weighted by molar-refractivity contribution is 0.0822. The molecule has 118 valence electrons. The van der Waals surface area contributed by atoms with Gasteiger partial charge in [0.25, 0.3) is 5.91 Å². The molecule has 1 aromatic carbocycles. The molecule has 0 unspecified atom stereocenters. The Balaban J connectivity index is 2.11. The molecular weight excluding hydrogens is 300 g/mol. The molecule has 0 aliphatic rings. The highest BCUT2D eigenvalue weighted by Gasteiger charge is 2.11. The molecule has 1 heterocycles. The third-order valence-electron chi connectivity index (χ3n) is 3.29. The molecule has 0 saturated carbocycles. The van der Waals surface area contributed by atoms with Crippen molar-refractivity contribution in [2.45, 2.75) is 6.54 Å². The topological polar surface area (TPSA) is 51.4 Å². The molecule has 22 heavy (non-hydrogen) atoms. The maximum Gasteiger partial charge on any atom is 0.269 e. The van der Waals surface area contributed by atoms with Gasteiger partial charge < -0.3 is 20.1 Å². The molecule has 0 bridgehead atoms. The first-order valence-electron chi connectivity index (χ1n) is 6.99. The van der Waals surface area contributed by atoms with Crippen molar-refractivity contribution in [3.8, 4) is 0 Å². The Labute approximate surface area is 135 Å². The van der Waals surface area contributed by atoms with Crippen LogP contribution in [0.4, 0.5) is 11.4 Å². The third-order valence-corrected chi connectivity index (χ3v) is 3.59. The van der Waals surface area contributed by atoms with Crippen molar-refractivity contribution in [3.63, 3.8) is 0 Å². The summed E-state index contributed by atoms with van der Waals surface area (Å²) < 4.78 is 0. The molecule has 2 rings (SSSR count). The molecule has 2 N–H and O–H groups in total. The lowest BCUT2D eigenvalue weighted by atomic mass is 10.2. The fourth-order valence-corrected chi connectivity index (χ4v) is 2.56. The smallest absolute Gasteiger partial charge is 0.269 e. The Morgan fingerprint density at radius 3 is 2.55 bits per heavy atom. The molecule has 0 atom stereocenters. The van der Waals surface area contributed by atoms with Gasteiger partial charge in [-0.25, -0.2) is 0 Å². The molecule has 0 spiro atoms. The van der Waals surface area contributed by atoms with Crippen molar-refractivity contribution in [3.05, 3.63) is 46.7 Å². The minimum absolute atomic E-state index is 0.0389. The highest BCUT2D eigenvalue weighted by atomic mass is 35.5. The Morgan fingerprint density at radius 2 is 1.91 bits per heavy atom. The highest BCUT2D eigenvalue weighted by Crippen LogP contribution is 2.32. The van der Waals surface area contributed by atoms with Gasteiger partial charge in [0, 0.05) is 33.9 Å². The van der Waals surface area contributed by atoms with Crippen LogP contribution in [0.5, 0.6) is 0 Å². The average molecular weight is 321 g/mol. The van der Waals surface area contributed by atoms with E-state index in [2.05, 4.69) is 10.3 Å². The van der Waals surface area contributed by atoms with Crippen LogP contribution in [0.2, 0.25) is 5.02 Å². The highest BCUT2D eigenvalue weighted by molar-refractivity contribution is 6.34. The van der Waals surface area contributed by atoms with Crippen molar-refractivity contribution in [2.75, 3.05) is 38.4 Å². The van der Waals surface area contributed by atoms with Crippen molar-refractivity contribution in [2.24, 2.45) is 0 Å². The normalized spacial score (nSPS) is 10.4. The minimum atomic E-state index is -0.0389. The minimum Gasteiger partial charge on any atom is -0.378 e. The van der Waals surface area contributed by atoms with Crippen LogP contribution in [-0.4, -0.2) is 44.0 Å². The van der Waals surface area contributed by atoms with Gasteiger partial charge in [0.1, 0.15) is 5.69 Å². The summed E-state index contributed by atoms with van der Waals surface area (Å²) in [5, 5.41) is 4.05. The number of hydrogen-bond acceptors (Lipinski definition) is 3. The van der Waals surface area contributed by atoms with E-state index >= 15 is 0 Å². The van der Waals surface area contributed by atoms with Gasteiger partial charge in [-0.15, -0.1) is 0 Å². The molecule has 0 saturated heterocycles. The molecule has 0 radical (unpaired) electrons. The summed E-state index contributed by atoms with van der Waals surface area (Å²) in [5.74, 6) is -0.0389. The number of carbonyl (C=O) groups excluding carboxylic acids is 1. The number of aromatic amines is 1. The quantitative estimate of drug-likeness (QED) is 0.890. The first kappa shape index (κ1) is 16.2. The van der Waals surface area contributed by atoms with E-state index in [1.807, 2.05) is 43.3 Å². The van der Waals surface area contributed by atoms with Gasteiger partial charge in [0.15, 0.2) is 0 Å². The number of carbonyl (C=O) groups is 1. The number of halogens is 1. The largest absolute Gasteiger partial charge is 0.378 e. The monoisotopic (exact) mass is 320 g/mol. The van der Waals surface area contributed by atoms with Crippen LogP contribution >= 0.6 is 11.6 Å². The van der Waals surface area contributed by atoms with Gasteiger partial charge in [0.2, 0.25) is 0 Å². The van der Waals surface area contributed by atoms with Crippen LogP contribution < -0.4 is 10.2 Å². The van der Waals surface area contributed by atoms with Gasteiger partial charge in [0.05, 0.1) is 22.9 Å². The summed E-state index contributed by atoms with van der Waals surface area (Å²) in [6.45, 7) is 0.585. The van der Waals surface area contributed by atoms with Crippen LogP contribution in [0.15, 0.2) is 30.3 Å². The molecular formula is C16H21ClN4O. The zero-order valence-electron chi connectivity index (χ0n) is 13.3. The van der Waals surface area contributed by atoms with Gasteiger partial charge in [-0.3, -0.25) is 4.79 Å². The molecule has 0 aliphatic carbocycles. The summed E-state index contributed by atoms with van der Waals surface area (Å²) >= 11 is 6.25. The predicted molar refractivity (Wildman–Crippen MR) is 91.9 cm³/mol. The van der Waals surface area contributed by atoms with E-state index in [0.29, 0.717) is 17.3 Å². The summed E-state index contributed by atoms with van der Waals surface area (Å²) in [6, 6.07) is 9.46. The van der Waals surface area contributed by atoms with Crippen molar-refractivity contribution >= 4 is 28.9 Å². The maximum absolute atomic E-state index is 11.9. The van der Waals surface area contributed by atoms with Gasteiger partial charge >= 0.3 is 0 Å². The zero-order chi connectivity index (χ0) is 16.3. The number of anilines is 2. The predicted octanol–water partition coefficient (Wildman–Crippen LogP) is 3.05. The number of aromatic nitrogens is 1. The first-order valence-corrected chi connectivity index (χ1v) is 7.37. The number of benzene rings is 1. The number of amides is 1. The summed E-state index contributed by atoms with van der Waals surface area (Å²) in [4.78, 5) is 18.5. The molecule has 5 nitrogen and oxygen atoms in total. The standard InChI is InChI=1S/C16H21ClN4O/c1-20(2)15-12(17)6-5-7-13(15)18-10-11-8-9-14(19-11)16(22)21(3)4/h5-9,18-19H,10H2,1-4H3. The summed E-state index contributed by atoms with van der Waals surface area (Å²) in [5.41, 5.74) is 3.42. The van der Waals surface area contributed by atoms with E-state index in [1.54, 1.807) is 25.1 Å². The maximum atomic E-state index is 11.9. The Morgan fingerprint density at radius 1 is 1.18 bits per heavy atom. The van der Waals surface area contributed by atoms with Crippen LogP contribution in [0, 0.1) is 0 Å². The van der Waals surface area contributed by atoms with Crippen LogP contribution in [0.3, 0.4) is 0 Å². The Hall–Kier alpha value is -2.14. The molecule has 0 fully saturated rings. The van der Waals surface area contributed by atoms with Crippen LogP contribution in [-0.2, 0) is 6.54 Å². The second kappa shape index (κ2) is 6.75. The van der Waals surface area contributed by atoms with Gasteiger partial charge in [-0.05, 0) is 24.3 Å². The number of nitrogens with one attached hydrogen (secondary N) is 2. The van der Waals surface area contributed by atoms with E-state index in [0.717, 1.165) is 17.1 Å². The molecule has 6 heteroatoms. The van der Waals surface area contributed by atoms with Crippen LogP contribution in [0.25, 0.3) is 0 Å². The fraction of sp³-hybridized carbons (Fsp3) is 0.312. The van der Waals surface area contributed by atoms with E-state index in [-0.39, 0.29) is 5.91 Å². The molecule has 1 aromatic heterocycles. The molecule has 0 aliphatic heterocycles.